The van der Waals surface area contributed by atoms with Gasteiger partial charge in [0.1, 0.15) is 12.4 Å². The lowest BCUT2D eigenvalue weighted by molar-refractivity contribution is 0.0360. The maximum Gasteiger partial charge on any atom is 0.319 e. The van der Waals surface area contributed by atoms with Gasteiger partial charge >= 0.3 is 6.03 Å². The Morgan fingerprint density at radius 1 is 0.974 bits per heavy atom. The van der Waals surface area contributed by atoms with Gasteiger partial charge in [0.05, 0.1) is 26.0 Å². The third kappa shape index (κ3) is 7.18. The molecule has 9 nitrogen and oxygen atoms in total. The number of pyridine rings is 1. The Morgan fingerprint density at radius 3 is 2.63 bits per heavy atom. The molecule has 5 rings (SSSR count). The lowest BCUT2D eigenvalue weighted by Crippen LogP contribution is -2.38. The van der Waals surface area contributed by atoms with Crippen LogP contribution in [-0.2, 0) is 24.4 Å². The molecule has 2 aromatic carbocycles. The molecule has 2 amide bonds. The fourth-order valence-electron chi connectivity index (χ4n) is 4.28. The first kappa shape index (κ1) is 25.4. The molecular formula is C29H32N6O3. The van der Waals surface area contributed by atoms with E-state index in [1.165, 1.54) is 0 Å². The number of benzene rings is 2. The summed E-state index contributed by atoms with van der Waals surface area (Å²) < 4.78 is 13.5. The van der Waals surface area contributed by atoms with E-state index in [2.05, 4.69) is 43.9 Å². The average Bonchev–Trinajstić information content (AvgIpc) is 3.45. The van der Waals surface area contributed by atoms with Crippen LogP contribution >= 0.6 is 0 Å². The summed E-state index contributed by atoms with van der Waals surface area (Å²) in [7, 11) is 0. The second kappa shape index (κ2) is 12.8. The molecule has 1 saturated heterocycles. The molecule has 1 aliphatic heterocycles. The number of amides is 2. The molecule has 38 heavy (non-hydrogen) atoms. The number of ether oxygens (including phenoxy) is 2. The highest BCUT2D eigenvalue weighted by Gasteiger charge is 2.12. The van der Waals surface area contributed by atoms with Gasteiger partial charge in [0, 0.05) is 56.0 Å². The molecule has 0 aliphatic carbocycles. The Bertz CT molecular complexity index is 1300. The van der Waals surface area contributed by atoms with Crippen LogP contribution in [0.25, 0.3) is 11.1 Å². The molecule has 3 heterocycles. The van der Waals surface area contributed by atoms with Gasteiger partial charge in [-0.25, -0.2) is 4.79 Å². The maximum atomic E-state index is 12.2. The molecule has 0 bridgehead atoms. The van der Waals surface area contributed by atoms with Gasteiger partial charge in [0.15, 0.2) is 0 Å². The van der Waals surface area contributed by atoms with Crippen LogP contribution in [0.2, 0.25) is 0 Å². The molecule has 2 N–H and O–H groups in total. The molecule has 0 atom stereocenters. The number of hydrogen-bond donors (Lipinski definition) is 2. The number of nitrogens with one attached hydrogen (secondary N) is 2. The van der Waals surface area contributed by atoms with Gasteiger partial charge < -0.3 is 20.1 Å². The largest absolute Gasteiger partial charge is 0.489 e. The van der Waals surface area contributed by atoms with Crippen molar-refractivity contribution in [2.75, 3.05) is 38.2 Å². The number of anilines is 1. The zero-order chi connectivity index (χ0) is 26.0. The summed E-state index contributed by atoms with van der Waals surface area (Å²) in [6.07, 6.45) is 7.44. The predicted octanol–water partition coefficient (Wildman–Crippen LogP) is 4.18. The summed E-state index contributed by atoms with van der Waals surface area (Å²) in [4.78, 5) is 18.6. The van der Waals surface area contributed by atoms with Crippen LogP contribution in [-0.4, -0.2) is 58.5 Å². The molecule has 0 radical (unpaired) electrons. The Hall–Kier alpha value is -4.21. The third-order valence-corrected chi connectivity index (χ3v) is 6.39. The Morgan fingerprint density at radius 2 is 1.82 bits per heavy atom. The van der Waals surface area contributed by atoms with E-state index in [9.17, 15) is 4.79 Å². The number of hydrogen-bond acceptors (Lipinski definition) is 6. The van der Waals surface area contributed by atoms with Crippen LogP contribution < -0.4 is 15.4 Å². The first-order chi connectivity index (χ1) is 18.7. The number of carbonyl (C=O) groups excluding carboxylic acids is 1. The predicted molar refractivity (Wildman–Crippen MR) is 146 cm³/mol. The van der Waals surface area contributed by atoms with E-state index in [1.807, 2.05) is 59.4 Å². The number of rotatable bonds is 10. The van der Waals surface area contributed by atoms with Crippen LogP contribution in [0.5, 0.6) is 5.75 Å². The van der Waals surface area contributed by atoms with E-state index in [0.29, 0.717) is 18.8 Å². The summed E-state index contributed by atoms with van der Waals surface area (Å²) in [5.74, 6) is 0.724. The smallest absolute Gasteiger partial charge is 0.319 e. The molecule has 0 saturated carbocycles. The first-order valence-electron chi connectivity index (χ1n) is 12.8. The molecule has 9 heteroatoms. The van der Waals surface area contributed by atoms with Crippen LogP contribution in [0.15, 0.2) is 85.5 Å². The van der Waals surface area contributed by atoms with Crippen molar-refractivity contribution in [1.82, 2.24) is 25.0 Å². The first-order valence-corrected chi connectivity index (χ1v) is 12.8. The summed E-state index contributed by atoms with van der Waals surface area (Å²) in [6.45, 7) is 6.21. The Balaban J connectivity index is 1.13. The van der Waals surface area contributed by atoms with E-state index < -0.39 is 0 Å². The third-order valence-electron chi connectivity index (χ3n) is 6.39. The second-order valence-electron chi connectivity index (χ2n) is 9.09. The van der Waals surface area contributed by atoms with Crippen molar-refractivity contribution in [2.45, 2.75) is 19.7 Å². The minimum atomic E-state index is -0.276. The van der Waals surface area contributed by atoms with Gasteiger partial charge in [0.2, 0.25) is 0 Å². The zero-order valence-corrected chi connectivity index (χ0v) is 21.3. The van der Waals surface area contributed by atoms with Crippen molar-refractivity contribution >= 4 is 11.7 Å². The van der Waals surface area contributed by atoms with E-state index >= 15 is 0 Å². The molecule has 196 valence electrons. The highest BCUT2D eigenvalue weighted by atomic mass is 16.5. The van der Waals surface area contributed by atoms with Gasteiger partial charge in [0.25, 0.3) is 0 Å². The fourth-order valence-corrected chi connectivity index (χ4v) is 4.28. The van der Waals surface area contributed by atoms with Crippen molar-refractivity contribution < 1.29 is 14.3 Å². The van der Waals surface area contributed by atoms with Crippen LogP contribution in [0.4, 0.5) is 10.5 Å². The van der Waals surface area contributed by atoms with E-state index in [4.69, 9.17) is 9.47 Å². The second-order valence-corrected chi connectivity index (χ2v) is 9.09. The summed E-state index contributed by atoms with van der Waals surface area (Å²) in [5.41, 5.74) is 4.88. The number of morpholine rings is 1. The number of nitrogens with zero attached hydrogens (tertiary/aromatic N) is 4. The van der Waals surface area contributed by atoms with E-state index in [0.717, 1.165) is 67.4 Å². The zero-order valence-electron chi connectivity index (χ0n) is 21.3. The summed E-state index contributed by atoms with van der Waals surface area (Å²) >= 11 is 0. The van der Waals surface area contributed by atoms with Gasteiger partial charge in [-0.15, -0.1) is 0 Å². The van der Waals surface area contributed by atoms with E-state index in [-0.39, 0.29) is 6.03 Å². The highest BCUT2D eigenvalue weighted by Crippen LogP contribution is 2.25. The average molecular weight is 513 g/mol. The fraction of sp³-hybridized carbons (Fsp3) is 0.276. The molecular weight excluding hydrogens is 480 g/mol. The summed E-state index contributed by atoms with van der Waals surface area (Å²) in [6, 6.07) is 19.0. The van der Waals surface area contributed by atoms with Crippen molar-refractivity contribution in [1.29, 1.82) is 0 Å². The lowest BCUT2D eigenvalue weighted by atomic mass is 10.0. The molecule has 0 unspecified atom stereocenters. The monoisotopic (exact) mass is 512 g/mol. The Kier molecular flexibility index (Phi) is 8.60. The van der Waals surface area contributed by atoms with E-state index in [1.54, 1.807) is 12.4 Å². The van der Waals surface area contributed by atoms with Crippen LogP contribution in [0.1, 0.15) is 11.1 Å². The number of urea groups is 1. The van der Waals surface area contributed by atoms with Gasteiger partial charge in [-0.2, -0.15) is 5.10 Å². The van der Waals surface area contributed by atoms with Crippen molar-refractivity contribution in [2.24, 2.45) is 0 Å². The molecule has 0 spiro atoms. The summed E-state index contributed by atoms with van der Waals surface area (Å²) in [5, 5.41) is 10.2. The van der Waals surface area contributed by atoms with Crippen molar-refractivity contribution in [3.63, 3.8) is 0 Å². The topological polar surface area (TPSA) is 93.5 Å². The van der Waals surface area contributed by atoms with Gasteiger partial charge in [-0.3, -0.25) is 14.6 Å². The molecule has 1 aliphatic rings. The number of aromatic nitrogens is 3. The normalized spacial score (nSPS) is 13.7. The van der Waals surface area contributed by atoms with Crippen LogP contribution in [0.3, 0.4) is 0 Å². The minimum absolute atomic E-state index is 0.276. The highest BCUT2D eigenvalue weighted by molar-refractivity contribution is 5.89. The minimum Gasteiger partial charge on any atom is -0.489 e. The molecule has 2 aromatic heterocycles. The molecule has 4 aromatic rings. The maximum absolute atomic E-state index is 12.2. The number of carbonyl (C=O) groups is 1. The SMILES string of the molecule is O=C(NCc1cccnc1)Nc1ccc(OCc2ccccc2-c2cnn(CCN3CCOCC3)c2)cc1. The van der Waals surface area contributed by atoms with Crippen molar-refractivity contribution in [3.05, 3.63) is 96.6 Å². The van der Waals surface area contributed by atoms with Crippen molar-refractivity contribution in [3.8, 4) is 16.9 Å². The van der Waals surface area contributed by atoms with Gasteiger partial charge in [-0.1, -0.05) is 30.3 Å². The quantitative estimate of drug-likeness (QED) is 0.331. The standard InChI is InChI=1S/C29H32N6O3/c36-29(31-19-23-4-3-11-30-18-23)33-26-7-9-27(10-8-26)38-22-24-5-1-2-6-28(24)25-20-32-35(21-25)13-12-34-14-16-37-17-15-34/h1-11,18,20-21H,12-17,19,22H2,(H2,31,33,36). The Labute approximate surface area is 222 Å². The lowest BCUT2D eigenvalue weighted by Gasteiger charge is -2.26. The van der Waals surface area contributed by atoms with Crippen LogP contribution in [0, 0.1) is 0 Å². The molecule has 1 fully saturated rings. The van der Waals surface area contributed by atoms with Gasteiger partial charge in [-0.05, 0) is 47.0 Å².